The fourth-order valence-electron chi connectivity index (χ4n) is 6.52. The molecule has 2 aromatic heterocycles. The Morgan fingerprint density at radius 1 is 1.08 bits per heavy atom. The predicted octanol–water partition coefficient (Wildman–Crippen LogP) is 8.30. The number of carboxylic acids is 1. The van der Waals surface area contributed by atoms with Crippen molar-refractivity contribution in [2.45, 2.75) is 84.2 Å². The van der Waals surface area contributed by atoms with Crippen LogP contribution >= 0.6 is 0 Å². The number of hydrogen-bond acceptors (Lipinski definition) is 6. The maximum absolute atomic E-state index is 14.6. The highest BCUT2D eigenvalue weighted by Gasteiger charge is 2.37. The number of pyridine rings is 1. The third kappa shape index (κ3) is 6.96. The predicted molar refractivity (Wildman–Crippen MR) is 182 cm³/mol. The molecule has 1 N–H and O–H groups in total. The molecule has 0 spiro atoms. The number of hydrogen-bond donors (Lipinski definition) is 1. The van der Waals surface area contributed by atoms with Crippen molar-refractivity contribution in [1.29, 1.82) is 0 Å². The van der Waals surface area contributed by atoms with Gasteiger partial charge in [-0.3, -0.25) is 4.40 Å². The summed E-state index contributed by atoms with van der Waals surface area (Å²) in [6.07, 6.45) is 6.34. The largest absolute Gasteiger partial charge is 0.490 e. The number of piperidine rings is 1. The highest BCUT2D eigenvalue weighted by Crippen LogP contribution is 2.40. The van der Waals surface area contributed by atoms with Gasteiger partial charge in [0.05, 0.1) is 29.6 Å². The first-order chi connectivity index (χ1) is 22.7. The van der Waals surface area contributed by atoms with E-state index in [0.29, 0.717) is 54.1 Å². The fraction of sp³-hybridized carbons (Fsp3) is 0.421. The molecule has 1 saturated heterocycles. The molecule has 48 heavy (non-hydrogen) atoms. The van der Waals surface area contributed by atoms with Gasteiger partial charge in [0, 0.05) is 48.5 Å². The number of halogens is 2. The summed E-state index contributed by atoms with van der Waals surface area (Å²) < 4.78 is 49.8. The number of fused-ring (bicyclic) bond motifs is 7. The first kappa shape index (κ1) is 33.6. The van der Waals surface area contributed by atoms with Crippen molar-refractivity contribution in [3.8, 4) is 28.1 Å². The summed E-state index contributed by atoms with van der Waals surface area (Å²) in [4.78, 5) is 20.0. The van der Waals surface area contributed by atoms with Crippen LogP contribution in [-0.4, -0.2) is 57.5 Å². The summed E-state index contributed by atoms with van der Waals surface area (Å²) in [6, 6.07) is 11.6. The van der Waals surface area contributed by atoms with Crippen LogP contribution in [0, 0.1) is 18.6 Å². The van der Waals surface area contributed by atoms with Crippen LogP contribution in [0.4, 0.5) is 14.6 Å². The van der Waals surface area contributed by atoms with E-state index < -0.39 is 29.3 Å². The van der Waals surface area contributed by atoms with Gasteiger partial charge in [-0.05, 0) is 83.7 Å². The van der Waals surface area contributed by atoms with Gasteiger partial charge in [0.1, 0.15) is 17.2 Å². The molecule has 0 amide bonds. The monoisotopic (exact) mass is 659 g/mol. The fourth-order valence-corrected chi connectivity index (χ4v) is 6.52. The van der Waals surface area contributed by atoms with E-state index in [9.17, 15) is 18.7 Å². The zero-order chi connectivity index (χ0) is 34.4. The van der Waals surface area contributed by atoms with E-state index in [1.54, 1.807) is 0 Å². The van der Waals surface area contributed by atoms with Gasteiger partial charge in [-0.1, -0.05) is 30.4 Å². The van der Waals surface area contributed by atoms with Gasteiger partial charge in [0.2, 0.25) is 0 Å². The van der Waals surface area contributed by atoms with Crippen molar-refractivity contribution >= 4 is 17.4 Å². The van der Waals surface area contributed by atoms with Gasteiger partial charge in [0.25, 0.3) is 0 Å². The molecule has 254 valence electrons. The number of rotatable bonds is 3. The third-order valence-electron chi connectivity index (χ3n) is 9.03. The van der Waals surface area contributed by atoms with E-state index >= 15 is 0 Å². The Balaban J connectivity index is 1.55. The van der Waals surface area contributed by atoms with Crippen molar-refractivity contribution < 1.29 is 32.9 Å². The highest BCUT2D eigenvalue weighted by atomic mass is 19.2. The minimum absolute atomic E-state index is 0.242. The number of aromatic nitrogens is 2. The molecule has 8 nitrogen and oxygen atoms in total. The van der Waals surface area contributed by atoms with Crippen LogP contribution in [0.2, 0.25) is 0 Å². The van der Waals surface area contributed by atoms with E-state index in [4.69, 9.17) is 19.2 Å². The van der Waals surface area contributed by atoms with Crippen LogP contribution < -0.4 is 9.64 Å². The number of benzene rings is 2. The van der Waals surface area contributed by atoms with Crippen molar-refractivity contribution in [3.05, 3.63) is 83.6 Å². The van der Waals surface area contributed by atoms with Crippen molar-refractivity contribution in [2.24, 2.45) is 0 Å². The van der Waals surface area contributed by atoms with Gasteiger partial charge in [-0.15, -0.1) is 0 Å². The van der Waals surface area contributed by atoms with Gasteiger partial charge in [0.15, 0.2) is 17.7 Å². The normalized spacial score (nSPS) is 21.5. The van der Waals surface area contributed by atoms with Gasteiger partial charge in [-0.25, -0.2) is 18.6 Å². The van der Waals surface area contributed by atoms with Crippen molar-refractivity contribution in [3.63, 3.8) is 0 Å². The second-order valence-electron chi connectivity index (χ2n) is 14.1. The summed E-state index contributed by atoms with van der Waals surface area (Å²) in [7, 11) is 0. The van der Waals surface area contributed by atoms with Crippen molar-refractivity contribution in [1.82, 2.24) is 9.38 Å². The second-order valence-corrected chi connectivity index (χ2v) is 14.1. The molecule has 2 atom stereocenters. The number of carboxylic acid groups (broad SMARTS) is 1. The molecule has 1 fully saturated rings. The van der Waals surface area contributed by atoms with Gasteiger partial charge >= 0.3 is 5.97 Å². The minimum atomic E-state index is -1.21. The smallest absolute Gasteiger partial charge is 0.337 e. The molecule has 7 rings (SSSR count). The zero-order valence-electron chi connectivity index (χ0n) is 28.3. The standard InChI is InChI=1S/C38H43F2N3O5/c1-23-18-32-41-30-22-43(32)35(33(23)34(36(44)45)48-37(3,4)5)42-15-13-38(6,14-16-42)46-17-8-7-10-24(2)47-31-21-29(40)28(39)20-27(31)25-11-9-12-26(30)19-25/h7-9,11-12,18-22,24,34H,10,13-17H2,1-6H3,(H,44,45)/b8-7-/t24-,34-/m0/s1. The molecular formula is C38H43F2N3O5. The molecule has 3 aliphatic heterocycles. The first-order valence-electron chi connectivity index (χ1n) is 16.4. The molecule has 0 aliphatic carbocycles. The average Bonchev–Trinajstić information content (AvgIpc) is 3.44. The maximum atomic E-state index is 14.6. The van der Waals surface area contributed by atoms with Crippen LogP contribution in [0.25, 0.3) is 28.0 Å². The Kier molecular flexibility index (Phi) is 9.08. The lowest BCUT2D eigenvalue weighted by Gasteiger charge is -2.41. The quantitative estimate of drug-likeness (QED) is 0.222. The number of nitrogens with zero attached hydrogens (tertiary/aromatic N) is 3. The van der Waals surface area contributed by atoms with Gasteiger partial charge < -0.3 is 24.2 Å². The number of aliphatic carboxylic acids is 1. The van der Waals surface area contributed by atoms with Crippen LogP contribution in [0.3, 0.4) is 0 Å². The minimum Gasteiger partial charge on any atom is -0.490 e. The summed E-state index contributed by atoms with van der Waals surface area (Å²) >= 11 is 0. The Morgan fingerprint density at radius 2 is 1.79 bits per heavy atom. The molecule has 0 saturated carbocycles. The molecule has 6 bridgehead atoms. The van der Waals surface area contributed by atoms with Crippen LogP contribution in [-0.2, 0) is 14.3 Å². The lowest BCUT2D eigenvalue weighted by molar-refractivity contribution is -0.160. The molecule has 4 aromatic rings. The van der Waals surface area contributed by atoms with E-state index in [0.717, 1.165) is 41.9 Å². The molecule has 5 heterocycles. The zero-order valence-corrected chi connectivity index (χ0v) is 28.3. The Labute approximate surface area is 280 Å². The number of ether oxygens (including phenoxy) is 3. The Bertz CT molecular complexity index is 1870. The summed E-state index contributed by atoms with van der Waals surface area (Å²) in [6.45, 7) is 13.1. The number of carbonyl (C=O) groups is 1. The molecule has 3 aliphatic rings. The molecule has 0 unspecified atom stereocenters. The van der Waals surface area contributed by atoms with E-state index in [2.05, 4.69) is 11.8 Å². The van der Waals surface area contributed by atoms with Crippen LogP contribution in [0.15, 0.2) is 60.8 Å². The lowest BCUT2D eigenvalue weighted by Crippen LogP contribution is -2.45. The summed E-state index contributed by atoms with van der Waals surface area (Å²) in [5, 5.41) is 10.5. The number of aryl methyl sites for hydroxylation is 1. The molecule has 0 radical (unpaired) electrons. The Morgan fingerprint density at radius 3 is 2.50 bits per heavy atom. The van der Waals surface area contributed by atoms with Crippen LogP contribution in [0.1, 0.15) is 71.1 Å². The van der Waals surface area contributed by atoms with E-state index in [1.807, 2.05) is 87.7 Å². The average molecular weight is 660 g/mol. The summed E-state index contributed by atoms with van der Waals surface area (Å²) in [5.41, 5.74) is 3.35. The van der Waals surface area contributed by atoms with E-state index in [1.165, 1.54) is 0 Å². The SMILES string of the molecule is Cc1cc2nc3cn2c(c1[C@H](OC(C)(C)C)C(=O)O)N1CCC(C)(CC1)OC/C=C\C[C@H](C)Oc1cc(F)c(F)cc1-c1cccc-3c1. The first-order valence-corrected chi connectivity index (χ1v) is 16.4. The third-order valence-corrected chi connectivity index (χ3v) is 9.03. The van der Waals surface area contributed by atoms with E-state index in [-0.39, 0.29) is 17.5 Å². The van der Waals surface area contributed by atoms with Crippen molar-refractivity contribution in [2.75, 3.05) is 24.6 Å². The number of imidazole rings is 1. The van der Waals surface area contributed by atoms with Gasteiger partial charge in [-0.2, -0.15) is 0 Å². The number of anilines is 1. The second kappa shape index (κ2) is 13.0. The highest BCUT2D eigenvalue weighted by molar-refractivity contribution is 5.80. The molecule has 2 aromatic carbocycles. The maximum Gasteiger partial charge on any atom is 0.337 e. The molecule has 10 heteroatoms. The Hall–Kier alpha value is -4.28. The summed E-state index contributed by atoms with van der Waals surface area (Å²) in [5.74, 6) is -2.06. The topological polar surface area (TPSA) is 85.5 Å². The lowest BCUT2D eigenvalue weighted by atomic mass is 9.92. The molecular weight excluding hydrogens is 616 g/mol. The van der Waals surface area contributed by atoms with Crippen LogP contribution in [0.5, 0.6) is 5.75 Å².